The molecule has 27 heavy (non-hydrogen) atoms. The highest BCUT2D eigenvalue weighted by Crippen LogP contribution is 2.32. The van der Waals surface area contributed by atoms with Crippen LogP contribution in [0.15, 0.2) is 30.3 Å². The Bertz CT molecular complexity index is 629. The predicted octanol–water partition coefficient (Wildman–Crippen LogP) is 1.63. The van der Waals surface area contributed by atoms with Gasteiger partial charge in [0.05, 0.1) is 5.92 Å². The molecule has 3 unspecified atom stereocenters. The summed E-state index contributed by atoms with van der Waals surface area (Å²) in [5.41, 5.74) is 6.33. The van der Waals surface area contributed by atoms with E-state index in [1.165, 1.54) is 0 Å². The standard InChI is InChI=1S/C17H25N2O7P/c1-11(2)14(13(8-9-18)17(23,15(20)21)26-27-24)19-16(22)25-10-12-6-4-3-5-7-12/h3-7,11,13-14,23,27H,8-10,18H2,1-2H3,(H-,19,20,21,22)/p+1/t13?,14?,17-/m1/s1. The summed E-state index contributed by atoms with van der Waals surface area (Å²) in [4.78, 5) is 23.8. The molecule has 1 aromatic rings. The van der Waals surface area contributed by atoms with E-state index in [0.717, 1.165) is 5.56 Å². The molecule has 4 atom stereocenters. The maximum atomic E-state index is 12.2. The van der Waals surface area contributed by atoms with Crippen LogP contribution in [0.5, 0.6) is 0 Å². The molecule has 0 saturated carbocycles. The number of hydrogen-bond acceptors (Lipinski definition) is 7. The average Bonchev–Trinajstić information content (AvgIpc) is 2.63. The first kappa shape index (κ1) is 23.0. The van der Waals surface area contributed by atoms with Crippen molar-refractivity contribution in [3.8, 4) is 0 Å². The van der Waals surface area contributed by atoms with Gasteiger partial charge in [0.1, 0.15) is 6.61 Å². The van der Waals surface area contributed by atoms with Crippen molar-refractivity contribution in [3.05, 3.63) is 35.9 Å². The molecular formula is C17H26N2O7P+. The lowest BCUT2D eigenvalue weighted by Gasteiger charge is -2.35. The quantitative estimate of drug-likeness (QED) is 0.323. The first-order valence-electron chi connectivity index (χ1n) is 8.44. The predicted molar refractivity (Wildman–Crippen MR) is 98.2 cm³/mol. The van der Waals surface area contributed by atoms with Crippen molar-refractivity contribution in [2.45, 2.75) is 38.7 Å². The lowest BCUT2D eigenvalue weighted by Crippen LogP contribution is -2.58. The zero-order valence-electron chi connectivity index (χ0n) is 15.3. The Kier molecular flexibility index (Phi) is 9.31. The van der Waals surface area contributed by atoms with Crippen molar-refractivity contribution >= 4 is 20.7 Å². The monoisotopic (exact) mass is 401 g/mol. The van der Waals surface area contributed by atoms with E-state index < -0.39 is 38.5 Å². The Balaban J connectivity index is 2.95. The summed E-state index contributed by atoms with van der Waals surface area (Å²) in [7, 11) is -1.50. The zero-order valence-corrected chi connectivity index (χ0v) is 16.3. The van der Waals surface area contributed by atoms with Crippen LogP contribution < -0.4 is 11.1 Å². The molecule has 0 aromatic heterocycles. The van der Waals surface area contributed by atoms with Gasteiger partial charge in [0, 0.05) is 6.04 Å². The van der Waals surface area contributed by atoms with Crippen LogP contribution in [0.1, 0.15) is 25.8 Å². The maximum Gasteiger partial charge on any atom is 0.497 e. The minimum atomic E-state index is -2.76. The second kappa shape index (κ2) is 10.9. The molecule has 9 nitrogen and oxygen atoms in total. The summed E-state index contributed by atoms with van der Waals surface area (Å²) in [6.45, 7) is 3.51. The SMILES string of the molecule is CC(C)C(NC(=O)OCc1ccccc1)C(CCN)[C@@](O)(O[PH+]=O)C(=O)O. The fraction of sp³-hybridized carbons (Fsp3) is 0.529. The molecule has 10 heteroatoms. The van der Waals surface area contributed by atoms with E-state index in [1.807, 2.05) is 6.07 Å². The molecule has 0 aliphatic rings. The highest BCUT2D eigenvalue weighted by atomic mass is 31.1. The van der Waals surface area contributed by atoms with Gasteiger partial charge in [0.15, 0.2) is 0 Å². The number of ether oxygens (including phenoxy) is 1. The number of carboxylic acid groups (broad SMARTS) is 1. The highest BCUT2D eigenvalue weighted by molar-refractivity contribution is 7.17. The molecule has 0 spiro atoms. The van der Waals surface area contributed by atoms with E-state index in [0.29, 0.717) is 0 Å². The summed E-state index contributed by atoms with van der Waals surface area (Å²) in [5.74, 6) is -5.92. The van der Waals surface area contributed by atoms with Gasteiger partial charge in [0.25, 0.3) is 0 Å². The van der Waals surface area contributed by atoms with Crippen LogP contribution in [-0.2, 0) is 25.2 Å². The van der Waals surface area contributed by atoms with Gasteiger partial charge in [-0.2, -0.15) is 0 Å². The van der Waals surface area contributed by atoms with Gasteiger partial charge in [-0.15, -0.1) is 0 Å². The number of hydrogen-bond donors (Lipinski definition) is 4. The lowest BCUT2D eigenvalue weighted by molar-refractivity contribution is -0.213. The number of benzene rings is 1. The van der Waals surface area contributed by atoms with Gasteiger partial charge in [-0.3, -0.25) is 0 Å². The van der Waals surface area contributed by atoms with Crippen molar-refractivity contribution in [3.63, 3.8) is 0 Å². The minimum Gasteiger partial charge on any atom is -0.477 e. The number of amides is 1. The van der Waals surface area contributed by atoms with Gasteiger partial charge in [0.2, 0.25) is 0 Å². The number of carboxylic acids is 1. The van der Waals surface area contributed by atoms with E-state index in [9.17, 15) is 24.4 Å². The summed E-state index contributed by atoms with van der Waals surface area (Å²) in [6.07, 6.45) is -0.772. The van der Waals surface area contributed by atoms with E-state index in [2.05, 4.69) is 9.84 Å². The van der Waals surface area contributed by atoms with Crippen molar-refractivity contribution in [1.82, 2.24) is 5.32 Å². The first-order chi connectivity index (χ1) is 12.8. The van der Waals surface area contributed by atoms with Crippen LogP contribution in [0.4, 0.5) is 4.79 Å². The van der Waals surface area contributed by atoms with E-state index in [4.69, 9.17) is 10.5 Å². The molecule has 0 bridgehead atoms. The van der Waals surface area contributed by atoms with Gasteiger partial charge in [-0.05, 0) is 29.0 Å². The molecule has 150 valence electrons. The number of aliphatic carboxylic acids is 1. The molecule has 0 radical (unpaired) electrons. The number of carbonyl (C=O) groups excluding carboxylic acids is 1. The molecule has 1 amide bonds. The molecular weight excluding hydrogens is 375 g/mol. The van der Waals surface area contributed by atoms with Crippen molar-refractivity contribution in [1.29, 1.82) is 0 Å². The van der Waals surface area contributed by atoms with Crippen LogP contribution in [0.25, 0.3) is 0 Å². The van der Waals surface area contributed by atoms with E-state index in [-0.39, 0.29) is 25.5 Å². The second-order valence-corrected chi connectivity index (χ2v) is 6.72. The molecule has 0 fully saturated rings. The fourth-order valence-corrected chi connectivity index (χ4v) is 3.14. The van der Waals surface area contributed by atoms with Gasteiger partial charge >= 0.3 is 26.5 Å². The van der Waals surface area contributed by atoms with Crippen molar-refractivity contribution in [2.24, 2.45) is 17.6 Å². The number of rotatable bonds is 11. The van der Waals surface area contributed by atoms with Crippen molar-refractivity contribution < 1.29 is 33.6 Å². The van der Waals surface area contributed by atoms with Gasteiger partial charge < -0.3 is 26.0 Å². The summed E-state index contributed by atoms with van der Waals surface area (Å²) in [6, 6.07) is 8.17. The fourth-order valence-electron chi connectivity index (χ4n) is 2.77. The highest BCUT2D eigenvalue weighted by Gasteiger charge is 2.53. The van der Waals surface area contributed by atoms with Crippen LogP contribution >= 0.6 is 8.69 Å². The third-order valence-electron chi connectivity index (χ3n) is 4.13. The first-order valence-corrected chi connectivity index (χ1v) is 9.26. The average molecular weight is 401 g/mol. The Morgan fingerprint density at radius 3 is 2.41 bits per heavy atom. The normalized spacial score (nSPS) is 15.7. The zero-order chi connectivity index (χ0) is 20.4. The molecule has 0 aliphatic carbocycles. The Morgan fingerprint density at radius 1 is 1.30 bits per heavy atom. The Morgan fingerprint density at radius 2 is 1.93 bits per heavy atom. The molecule has 1 rings (SSSR count). The summed E-state index contributed by atoms with van der Waals surface area (Å²) >= 11 is 0. The molecule has 0 saturated heterocycles. The smallest absolute Gasteiger partial charge is 0.477 e. The molecule has 1 aromatic carbocycles. The number of nitrogens with two attached hydrogens (primary N) is 1. The number of nitrogens with one attached hydrogen (secondary N) is 1. The van der Waals surface area contributed by atoms with Crippen molar-refractivity contribution in [2.75, 3.05) is 6.54 Å². The molecule has 0 heterocycles. The molecule has 0 aliphatic heterocycles. The second-order valence-electron chi connectivity index (χ2n) is 6.35. The van der Waals surface area contributed by atoms with Crippen LogP contribution in [0, 0.1) is 11.8 Å². The van der Waals surface area contributed by atoms with Crippen LogP contribution in [0.2, 0.25) is 0 Å². The lowest BCUT2D eigenvalue weighted by atomic mass is 9.81. The van der Waals surface area contributed by atoms with Gasteiger partial charge in [-0.25, -0.2) is 9.59 Å². The van der Waals surface area contributed by atoms with E-state index in [1.54, 1.807) is 38.1 Å². The number of alkyl carbamates (subject to hydrolysis) is 1. The third kappa shape index (κ3) is 6.55. The molecule has 5 N–H and O–H groups in total. The Labute approximate surface area is 159 Å². The van der Waals surface area contributed by atoms with Crippen LogP contribution in [-0.4, -0.2) is 40.6 Å². The maximum absolute atomic E-state index is 12.2. The number of carbonyl (C=O) groups is 2. The van der Waals surface area contributed by atoms with E-state index >= 15 is 0 Å². The minimum absolute atomic E-state index is 0.00902. The largest absolute Gasteiger partial charge is 0.497 e. The summed E-state index contributed by atoms with van der Waals surface area (Å²) < 4.78 is 20.7. The Hall–Kier alpha value is -2.06. The third-order valence-corrected chi connectivity index (χ3v) is 4.53. The van der Waals surface area contributed by atoms with Crippen LogP contribution in [0.3, 0.4) is 0 Å². The number of aliphatic hydroxyl groups is 1. The summed E-state index contributed by atoms with van der Waals surface area (Å²) in [5, 5.41) is 22.4. The van der Waals surface area contributed by atoms with Gasteiger partial charge in [-0.1, -0.05) is 48.7 Å². The topological polar surface area (TPSA) is 148 Å².